The zero-order chi connectivity index (χ0) is 24.2. The number of rotatable bonds is 3. The van der Waals surface area contributed by atoms with E-state index >= 15 is 0 Å². The topological polar surface area (TPSA) is 21.7 Å². The molecule has 0 radical (unpaired) electrons. The van der Waals surface area contributed by atoms with Crippen LogP contribution < -0.4 is 30.8 Å². The van der Waals surface area contributed by atoms with Crippen LogP contribution in [0.3, 0.4) is 0 Å². The lowest BCUT2D eigenvalue weighted by Gasteiger charge is -2.34. The lowest BCUT2D eigenvalue weighted by Crippen LogP contribution is -2.57. The number of fused-ring (bicyclic) bond motifs is 4. The number of anilines is 3. The molecule has 2 aliphatic heterocycles. The Hall–Kier alpha value is -4.58. The highest BCUT2D eigenvalue weighted by molar-refractivity contribution is 6.98. The first-order valence-electron chi connectivity index (χ1n) is 11.7. The second kappa shape index (κ2) is 7.99. The third-order valence-electron chi connectivity index (χ3n) is 6.67. The van der Waals surface area contributed by atoms with Gasteiger partial charge in [-0.1, -0.05) is 36.4 Å². The van der Waals surface area contributed by atoms with Gasteiger partial charge in [-0.2, -0.15) is 0 Å². The average molecular weight is 473 g/mol. The number of para-hydroxylation sites is 2. The second-order valence-electron chi connectivity index (χ2n) is 8.86. The molecule has 2 heterocycles. The van der Waals surface area contributed by atoms with Gasteiger partial charge < -0.3 is 14.4 Å². The summed E-state index contributed by atoms with van der Waals surface area (Å²) in [7, 11) is 0. The Morgan fingerprint density at radius 3 is 1.44 bits per heavy atom. The van der Waals surface area contributed by atoms with E-state index in [1.165, 1.54) is 24.3 Å². The summed E-state index contributed by atoms with van der Waals surface area (Å²) in [5.74, 6) is 1.53. The van der Waals surface area contributed by atoms with Crippen LogP contribution in [-0.4, -0.2) is 6.71 Å². The molecule has 5 aromatic rings. The molecule has 0 spiro atoms. The molecule has 0 amide bonds. The molecule has 36 heavy (non-hydrogen) atoms. The van der Waals surface area contributed by atoms with Crippen LogP contribution in [0.2, 0.25) is 0 Å². The number of nitrogens with zero attached hydrogens (tertiary/aromatic N) is 1. The average Bonchev–Trinajstić information content (AvgIpc) is 2.90. The largest absolute Gasteiger partial charge is 0.458 e. The summed E-state index contributed by atoms with van der Waals surface area (Å²) in [6.45, 7) is -0.412. The molecule has 0 N–H and O–H groups in total. The quantitative estimate of drug-likeness (QED) is 0.287. The molecule has 0 aromatic heterocycles. The Balaban J connectivity index is 1.47. The minimum absolute atomic E-state index is 0.372. The normalized spacial score (nSPS) is 12.6. The molecule has 3 nitrogen and oxygen atoms in total. The van der Waals surface area contributed by atoms with E-state index in [1.54, 1.807) is 12.1 Å². The zero-order valence-corrected chi connectivity index (χ0v) is 19.0. The molecule has 0 atom stereocenters. The van der Waals surface area contributed by atoms with Crippen molar-refractivity contribution in [2.24, 2.45) is 0 Å². The van der Waals surface area contributed by atoms with Crippen molar-refractivity contribution in [2.75, 3.05) is 4.90 Å². The van der Waals surface area contributed by atoms with Crippen LogP contribution in [0, 0.1) is 11.6 Å². The maximum absolute atomic E-state index is 14.3. The lowest BCUT2D eigenvalue weighted by molar-refractivity contribution is 0.463. The van der Waals surface area contributed by atoms with Gasteiger partial charge in [0, 0.05) is 29.0 Å². The van der Waals surface area contributed by atoms with Gasteiger partial charge in [0.1, 0.15) is 34.6 Å². The predicted molar refractivity (Wildman–Crippen MR) is 139 cm³/mol. The highest BCUT2D eigenvalue weighted by Crippen LogP contribution is 2.42. The highest BCUT2D eigenvalue weighted by atomic mass is 19.1. The number of ether oxygens (including phenoxy) is 2. The van der Waals surface area contributed by atoms with Crippen molar-refractivity contribution in [3.63, 3.8) is 0 Å². The fourth-order valence-electron chi connectivity index (χ4n) is 5.16. The van der Waals surface area contributed by atoms with Gasteiger partial charge in [0.25, 0.3) is 6.71 Å². The third kappa shape index (κ3) is 3.26. The predicted octanol–water partition coefficient (Wildman–Crippen LogP) is 6.16. The van der Waals surface area contributed by atoms with E-state index in [0.29, 0.717) is 33.9 Å². The van der Waals surface area contributed by atoms with E-state index in [0.717, 1.165) is 22.5 Å². The molecule has 0 saturated carbocycles. The summed E-state index contributed by atoms with van der Waals surface area (Å²) >= 11 is 0. The van der Waals surface area contributed by atoms with Gasteiger partial charge in [-0.05, 0) is 71.6 Å². The summed E-state index contributed by atoms with van der Waals surface area (Å²) in [6, 6.07) is 32.9. The molecule has 5 aromatic carbocycles. The van der Waals surface area contributed by atoms with Gasteiger partial charge in [-0.3, -0.25) is 0 Å². The fraction of sp³-hybridized carbons (Fsp3) is 0. The summed E-state index contributed by atoms with van der Waals surface area (Å²) in [4.78, 5) is 2.12. The molecular formula is C30H18BF2NO2. The van der Waals surface area contributed by atoms with Crippen molar-refractivity contribution in [1.82, 2.24) is 0 Å². The van der Waals surface area contributed by atoms with Gasteiger partial charge in [0.15, 0.2) is 0 Å². The van der Waals surface area contributed by atoms with Crippen molar-refractivity contribution in [1.29, 1.82) is 0 Å². The van der Waals surface area contributed by atoms with E-state index in [2.05, 4.69) is 4.90 Å². The fourth-order valence-corrected chi connectivity index (χ4v) is 5.16. The SMILES string of the molecule is Fc1ccc2c(c1)B1c3cc(F)ccc3Oc3cc(N(c4ccccc4)c4ccccc4)cc(c31)O2. The first-order chi connectivity index (χ1) is 17.7. The van der Waals surface area contributed by atoms with Crippen LogP contribution in [0.4, 0.5) is 25.8 Å². The smallest absolute Gasteiger partial charge is 0.260 e. The minimum Gasteiger partial charge on any atom is -0.458 e. The second-order valence-corrected chi connectivity index (χ2v) is 8.86. The van der Waals surface area contributed by atoms with Crippen LogP contribution in [-0.2, 0) is 0 Å². The number of halogens is 2. The first kappa shape index (κ1) is 20.8. The van der Waals surface area contributed by atoms with Crippen LogP contribution in [0.25, 0.3) is 0 Å². The Bertz CT molecular complexity index is 1510. The van der Waals surface area contributed by atoms with Gasteiger partial charge >= 0.3 is 0 Å². The number of benzene rings is 5. The van der Waals surface area contributed by atoms with E-state index < -0.39 is 6.71 Å². The molecule has 7 rings (SSSR count). The number of hydrogen-bond acceptors (Lipinski definition) is 3. The van der Waals surface area contributed by atoms with Crippen molar-refractivity contribution in [3.05, 3.63) is 121 Å². The Kier molecular flexibility index (Phi) is 4.61. The maximum Gasteiger partial charge on any atom is 0.260 e. The molecule has 6 heteroatoms. The summed E-state index contributed by atoms with van der Waals surface area (Å²) in [5.41, 5.74) is 4.85. The van der Waals surface area contributed by atoms with Crippen LogP contribution in [0.1, 0.15) is 0 Å². The van der Waals surface area contributed by atoms with E-state index in [1.807, 2.05) is 72.8 Å². The van der Waals surface area contributed by atoms with Gasteiger partial charge in [0.05, 0.1) is 5.69 Å². The van der Waals surface area contributed by atoms with Gasteiger partial charge in [-0.25, -0.2) is 8.78 Å². The van der Waals surface area contributed by atoms with E-state index in [4.69, 9.17) is 9.47 Å². The molecule has 0 unspecified atom stereocenters. The minimum atomic E-state index is -0.412. The lowest BCUT2D eigenvalue weighted by atomic mass is 9.35. The molecular weight excluding hydrogens is 455 g/mol. The van der Waals surface area contributed by atoms with E-state index in [9.17, 15) is 8.78 Å². The monoisotopic (exact) mass is 473 g/mol. The van der Waals surface area contributed by atoms with Gasteiger partial charge in [0.2, 0.25) is 0 Å². The summed E-state index contributed by atoms with van der Waals surface area (Å²) < 4.78 is 41.3. The van der Waals surface area contributed by atoms with Crippen LogP contribution in [0.15, 0.2) is 109 Å². The maximum atomic E-state index is 14.3. The molecule has 0 fully saturated rings. The Morgan fingerprint density at radius 2 is 0.972 bits per heavy atom. The standard InChI is InChI=1S/C30H18BF2NO2/c32-19-11-13-26-24(15-19)31-25-16-20(33)12-14-27(25)36-29-18-23(17-28(35-26)30(29)31)34(21-7-3-1-4-8-21)22-9-5-2-6-10-22/h1-18H. The van der Waals surface area contributed by atoms with Gasteiger partial charge in [-0.15, -0.1) is 0 Å². The van der Waals surface area contributed by atoms with Crippen molar-refractivity contribution >= 4 is 40.2 Å². The molecule has 172 valence electrons. The molecule has 0 saturated heterocycles. The molecule has 0 aliphatic carbocycles. The van der Waals surface area contributed by atoms with Crippen molar-refractivity contribution in [3.8, 4) is 23.0 Å². The summed E-state index contributed by atoms with van der Waals surface area (Å²) in [6.07, 6.45) is 0. The summed E-state index contributed by atoms with van der Waals surface area (Å²) in [5, 5.41) is 0. The van der Waals surface area contributed by atoms with Crippen molar-refractivity contribution < 1.29 is 18.3 Å². The number of hydrogen-bond donors (Lipinski definition) is 0. The van der Waals surface area contributed by atoms with Crippen molar-refractivity contribution in [2.45, 2.75) is 0 Å². The molecule has 0 bridgehead atoms. The third-order valence-corrected chi connectivity index (χ3v) is 6.67. The Labute approximate surface area is 207 Å². The van der Waals surface area contributed by atoms with Crippen LogP contribution >= 0.6 is 0 Å². The first-order valence-corrected chi connectivity index (χ1v) is 11.7. The highest BCUT2D eigenvalue weighted by Gasteiger charge is 2.41. The van der Waals surface area contributed by atoms with E-state index in [-0.39, 0.29) is 11.6 Å². The van der Waals surface area contributed by atoms with Crippen LogP contribution in [0.5, 0.6) is 23.0 Å². The zero-order valence-electron chi connectivity index (χ0n) is 19.0. The molecule has 2 aliphatic rings. The Morgan fingerprint density at radius 1 is 0.500 bits per heavy atom.